The van der Waals surface area contributed by atoms with Gasteiger partial charge in [0.1, 0.15) is 0 Å². The molecule has 0 amide bonds. The Hall–Kier alpha value is -1.60. The second-order valence-electron chi connectivity index (χ2n) is 5.86. The topological polar surface area (TPSA) is 26.0 Å². The molecule has 0 aliphatic rings. The van der Waals surface area contributed by atoms with E-state index < -0.39 is 0 Å². The van der Waals surface area contributed by atoms with Gasteiger partial charge in [0.15, 0.2) is 0 Å². The van der Waals surface area contributed by atoms with Gasteiger partial charge >= 0.3 is 0 Å². The van der Waals surface area contributed by atoms with Crippen molar-refractivity contribution in [1.29, 1.82) is 0 Å². The molecule has 2 aromatic rings. The summed E-state index contributed by atoms with van der Waals surface area (Å²) < 4.78 is 0. The highest BCUT2D eigenvalue weighted by Gasteiger charge is 2.13. The average molecular weight is 267 g/mol. The Labute approximate surface area is 122 Å². The fourth-order valence-electron chi connectivity index (χ4n) is 2.60. The monoisotopic (exact) mass is 267 g/mol. The smallest absolute Gasteiger partial charge is 0.0101 e. The summed E-state index contributed by atoms with van der Waals surface area (Å²) in [7, 11) is 0. The van der Waals surface area contributed by atoms with Gasteiger partial charge in [-0.3, -0.25) is 0 Å². The van der Waals surface area contributed by atoms with Gasteiger partial charge in [-0.05, 0) is 42.5 Å². The van der Waals surface area contributed by atoms with Gasteiger partial charge in [0.05, 0.1) is 0 Å². The minimum Gasteiger partial charge on any atom is -0.330 e. The van der Waals surface area contributed by atoms with Crippen LogP contribution in [0.15, 0.2) is 48.5 Å². The molecule has 0 radical (unpaired) electrons. The van der Waals surface area contributed by atoms with Crippen molar-refractivity contribution in [3.8, 4) is 0 Å². The predicted molar refractivity (Wildman–Crippen MR) is 87.2 cm³/mol. The molecule has 106 valence electrons. The number of nitrogens with two attached hydrogens (primary N) is 1. The van der Waals surface area contributed by atoms with Gasteiger partial charge in [-0.15, -0.1) is 0 Å². The van der Waals surface area contributed by atoms with E-state index in [1.165, 1.54) is 22.3 Å². The van der Waals surface area contributed by atoms with Crippen molar-refractivity contribution in [2.45, 2.75) is 39.0 Å². The Morgan fingerprint density at radius 3 is 1.70 bits per heavy atom. The Balaban J connectivity index is 2.30. The van der Waals surface area contributed by atoms with Crippen LogP contribution in [0.1, 0.15) is 54.4 Å². The van der Waals surface area contributed by atoms with Gasteiger partial charge in [0.25, 0.3) is 0 Å². The van der Waals surface area contributed by atoms with Crippen LogP contribution >= 0.6 is 0 Å². The van der Waals surface area contributed by atoms with Gasteiger partial charge in [-0.1, -0.05) is 67.9 Å². The zero-order valence-corrected chi connectivity index (χ0v) is 12.8. The van der Waals surface area contributed by atoms with E-state index in [0.29, 0.717) is 18.4 Å². The van der Waals surface area contributed by atoms with Crippen LogP contribution in [0.3, 0.4) is 0 Å². The summed E-state index contributed by atoms with van der Waals surface area (Å²) in [5.41, 5.74) is 11.2. The van der Waals surface area contributed by atoms with E-state index in [0.717, 1.165) is 6.42 Å². The van der Waals surface area contributed by atoms with Crippen LogP contribution in [0.2, 0.25) is 0 Å². The predicted octanol–water partition coefficient (Wildman–Crippen LogP) is 4.60. The second-order valence-corrected chi connectivity index (χ2v) is 5.86. The number of rotatable bonds is 5. The Morgan fingerprint density at radius 2 is 1.25 bits per heavy atom. The van der Waals surface area contributed by atoms with Crippen molar-refractivity contribution in [3.05, 3.63) is 70.8 Å². The van der Waals surface area contributed by atoms with Gasteiger partial charge in [-0.2, -0.15) is 0 Å². The molecule has 0 aliphatic carbocycles. The highest BCUT2D eigenvalue weighted by atomic mass is 14.5. The molecule has 0 heterocycles. The molecule has 2 aromatic carbocycles. The normalized spacial score (nSPS) is 12.7. The summed E-state index contributed by atoms with van der Waals surface area (Å²) in [6, 6.07) is 17.8. The first kappa shape index (κ1) is 14.8. The molecule has 2 rings (SSSR count). The van der Waals surface area contributed by atoms with E-state index >= 15 is 0 Å². The lowest BCUT2D eigenvalue weighted by atomic mass is 9.87. The molecule has 1 unspecified atom stereocenters. The minimum atomic E-state index is 0.404. The van der Waals surface area contributed by atoms with E-state index in [1.807, 2.05) is 0 Å². The molecular weight excluding hydrogens is 242 g/mol. The lowest BCUT2D eigenvalue weighted by Crippen LogP contribution is -2.09. The van der Waals surface area contributed by atoms with Crippen molar-refractivity contribution in [2.24, 2.45) is 5.73 Å². The van der Waals surface area contributed by atoms with Gasteiger partial charge in [0.2, 0.25) is 0 Å². The van der Waals surface area contributed by atoms with Crippen molar-refractivity contribution in [3.63, 3.8) is 0 Å². The summed E-state index contributed by atoms with van der Waals surface area (Å²) in [5.74, 6) is 0.984. The molecule has 1 nitrogen and oxygen atoms in total. The summed E-state index contributed by atoms with van der Waals surface area (Å²) in [4.78, 5) is 0. The number of hydrogen-bond donors (Lipinski definition) is 1. The first-order valence-electron chi connectivity index (χ1n) is 7.48. The van der Waals surface area contributed by atoms with Crippen LogP contribution in [0.25, 0.3) is 0 Å². The van der Waals surface area contributed by atoms with Gasteiger partial charge in [-0.25, -0.2) is 0 Å². The van der Waals surface area contributed by atoms with Crippen LogP contribution in [0.4, 0.5) is 0 Å². The van der Waals surface area contributed by atoms with E-state index in [1.54, 1.807) is 0 Å². The third-order valence-corrected chi connectivity index (χ3v) is 3.94. The third-order valence-electron chi connectivity index (χ3n) is 3.94. The van der Waals surface area contributed by atoms with Crippen molar-refractivity contribution < 1.29 is 0 Å². The Kier molecular flexibility index (Phi) is 4.97. The van der Waals surface area contributed by atoms with Gasteiger partial charge < -0.3 is 5.73 Å². The molecule has 0 fully saturated rings. The fraction of sp³-hybridized carbons (Fsp3) is 0.368. The Morgan fingerprint density at radius 1 is 0.800 bits per heavy atom. The third kappa shape index (κ3) is 3.49. The summed E-state index contributed by atoms with van der Waals surface area (Å²) >= 11 is 0. The molecular formula is C19H25N. The molecule has 0 aliphatic heterocycles. The molecule has 20 heavy (non-hydrogen) atoms. The molecule has 0 spiro atoms. The largest absolute Gasteiger partial charge is 0.330 e. The lowest BCUT2D eigenvalue weighted by molar-refractivity contribution is 0.724. The first-order chi connectivity index (χ1) is 9.61. The van der Waals surface area contributed by atoms with E-state index in [2.05, 4.69) is 69.3 Å². The molecule has 0 saturated heterocycles. The molecule has 1 heteroatoms. The van der Waals surface area contributed by atoms with Crippen LogP contribution < -0.4 is 5.73 Å². The van der Waals surface area contributed by atoms with E-state index in [4.69, 9.17) is 5.73 Å². The first-order valence-corrected chi connectivity index (χ1v) is 7.48. The summed E-state index contributed by atoms with van der Waals surface area (Å²) in [6.45, 7) is 7.29. The number of hydrogen-bond acceptors (Lipinski definition) is 1. The fourth-order valence-corrected chi connectivity index (χ4v) is 2.60. The van der Waals surface area contributed by atoms with Crippen LogP contribution in [0.5, 0.6) is 0 Å². The van der Waals surface area contributed by atoms with Gasteiger partial charge in [0, 0.05) is 5.92 Å². The van der Waals surface area contributed by atoms with Crippen molar-refractivity contribution in [1.82, 2.24) is 0 Å². The molecule has 0 aromatic heterocycles. The summed E-state index contributed by atoms with van der Waals surface area (Å²) in [5, 5.41) is 0. The molecule has 2 N–H and O–H groups in total. The zero-order chi connectivity index (χ0) is 14.5. The lowest BCUT2D eigenvalue weighted by Gasteiger charge is -2.18. The highest BCUT2D eigenvalue weighted by molar-refractivity contribution is 5.36. The summed E-state index contributed by atoms with van der Waals surface area (Å²) in [6.07, 6.45) is 0.990. The number of aryl methyl sites for hydroxylation is 1. The maximum Gasteiger partial charge on any atom is 0.0101 e. The quantitative estimate of drug-likeness (QED) is 0.842. The van der Waals surface area contributed by atoms with E-state index in [9.17, 15) is 0 Å². The van der Waals surface area contributed by atoms with Crippen LogP contribution in [-0.4, -0.2) is 6.54 Å². The second kappa shape index (κ2) is 6.71. The van der Waals surface area contributed by atoms with E-state index in [-0.39, 0.29) is 0 Å². The molecule has 1 atom stereocenters. The molecule has 0 saturated carbocycles. The minimum absolute atomic E-state index is 0.404. The standard InChI is InChI=1S/C19H25N/c1-14(2)16-8-10-18(11-9-16)19(12-13-20)17-6-4-15(3)5-7-17/h4-11,14,19H,12-13,20H2,1-3H3. The van der Waals surface area contributed by atoms with Crippen LogP contribution in [-0.2, 0) is 0 Å². The highest BCUT2D eigenvalue weighted by Crippen LogP contribution is 2.29. The molecule has 0 bridgehead atoms. The zero-order valence-electron chi connectivity index (χ0n) is 12.8. The average Bonchev–Trinajstić information content (AvgIpc) is 2.46. The maximum atomic E-state index is 5.81. The number of benzene rings is 2. The van der Waals surface area contributed by atoms with Crippen molar-refractivity contribution >= 4 is 0 Å². The Bertz CT molecular complexity index is 523. The van der Waals surface area contributed by atoms with Crippen LogP contribution in [0, 0.1) is 6.92 Å². The maximum absolute atomic E-state index is 5.81. The SMILES string of the molecule is Cc1ccc(C(CCN)c2ccc(C(C)C)cc2)cc1. The van der Waals surface area contributed by atoms with Crippen molar-refractivity contribution in [2.75, 3.05) is 6.54 Å².